The number of halogens is 2. The Morgan fingerprint density at radius 3 is 2.79 bits per heavy atom. The molecule has 0 saturated heterocycles. The lowest BCUT2D eigenvalue weighted by molar-refractivity contribution is 0.436. The van der Waals surface area contributed by atoms with Crippen molar-refractivity contribution in [2.24, 2.45) is 0 Å². The average Bonchev–Trinajstić information content (AvgIpc) is 2.32. The molecule has 2 aromatic rings. The highest BCUT2D eigenvalue weighted by molar-refractivity contribution is 6.28. The van der Waals surface area contributed by atoms with Gasteiger partial charge in [0.2, 0.25) is 11.2 Å². The second-order valence-corrected chi connectivity index (χ2v) is 4.09. The third kappa shape index (κ3) is 3.51. The number of nitrogens with one attached hydrogen (secondary N) is 1. The van der Waals surface area contributed by atoms with Gasteiger partial charge in [-0.2, -0.15) is 15.0 Å². The molecule has 2 rings (SSSR count). The molecule has 19 heavy (non-hydrogen) atoms. The molecular formula is C12H12ClFN4O. The highest BCUT2D eigenvalue weighted by Gasteiger charge is 2.08. The van der Waals surface area contributed by atoms with E-state index in [-0.39, 0.29) is 17.1 Å². The van der Waals surface area contributed by atoms with Crippen LogP contribution in [0, 0.1) is 12.7 Å². The van der Waals surface area contributed by atoms with Crippen LogP contribution < -0.4 is 10.1 Å². The summed E-state index contributed by atoms with van der Waals surface area (Å²) >= 11 is 5.77. The van der Waals surface area contributed by atoms with E-state index in [4.69, 9.17) is 16.3 Å². The molecule has 0 aliphatic carbocycles. The van der Waals surface area contributed by atoms with Gasteiger partial charge in [-0.15, -0.1) is 0 Å². The number of hydrogen-bond acceptors (Lipinski definition) is 5. The number of ether oxygens (including phenoxy) is 1. The van der Waals surface area contributed by atoms with Crippen molar-refractivity contribution in [3.05, 3.63) is 34.9 Å². The smallest absolute Gasteiger partial charge is 0.328 e. The van der Waals surface area contributed by atoms with Crippen LogP contribution in [0.3, 0.4) is 0 Å². The fourth-order valence-corrected chi connectivity index (χ4v) is 1.59. The van der Waals surface area contributed by atoms with Gasteiger partial charge in [0.25, 0.3) is 0 Å². The maximum atomic E-state index is 13.0. The number of aryl methyl sites for hydroxylation is 1. The lowest BCUT2D eigenvalue weighted by Crippen LogP contribution is -2.05. The van der Waals surface area contributed by atoms with Gasteiger partial charge in [-0.1, -0.05) is 0 Å². The lowest BCUT2D eigenvalue weighted by Gasteiger charge is -2.08. The fourth-order valence-electron chi connectivity index (χ4n) is 1.44. The van der Waals surface area contributed by atoms with Crippen LogP contribution in [0.15, 0.2) is 18.2 Å². The third-order valence-electron chi connectivity index (χ3n) is 2.26. The molecular weight excluding hydrogens is 271 g/mol. The summed E-state index contributed by atoms with van der Waals surface area (Å²) in [5.41, 5.74) is 0.640. The topological polar surface area (TPSA) is 59.9 Å². The Labute approximate surface area is 114 Å². The second-order valence-electron chi connectivity index (χ2n) is 3.75. The van der Waals surface area contributed by atoms with Gasteiger partial charge in [0.1, 0.15) is 11.6 Å². The quantitative estimate of drug-likeness (QED) is 0.933. The minimum atomic E-state index is -0.327. The highest BCUT2D eigenvalue weighted by Crippen LogP contribution is 2.24. The van der Waals surface area contributed by atoms with Gasteiger partial charge >= 0.3 is 6.01 Å². The van der Waals surface area contributed by atoms with Gasteiger partial charge in [0, 0.05) is 6.54 Å². The molecule has 7 heteroatoms. The van der Waals surface area contributed by atoms with E-state index in [2.05, 4.69) is 20.3 Å². The van der Waals surface area contributed by atoms with Crippen molar-refractivity contribution in [3.8, 4) is 11.8 Å². The molecule has 0 saturated carbocycles. The van der Waals surface area contributed by atoms with Crippen LogP contribution in [0.5, 0.6) is 11.8 Å². The summed E-state index contributed by atoms with van der Waals surface area (Å²) < 4.78 is 18.5. The van der Waals surface area contributed by atoms with Crippen LogP contribution in [0.1, 0.15) is 12.5 Å². The molecule has 100 valence electrons. The number of nitrogens with zero attached hydrogens (tertiary/aromatic N) is 3. The molecule has 5 nitrogen and oxygen atoms in total. The normalized spacial score (nSPS) is 10.3. The predicted molar refractivity (Wildman–Crippen MR) is 70.2 cm³/mol. The minimum Gasteiger partial charge on any atom is -0.424 e. The molecule has 0 fully saturated rings. The van der Waals surface area contributed by atoms with Crippen molar-refractivity contribution < 1.29 is 9.13 Å². The molecule has 1 aromatic carbocycles. The Bertz CT molecular complexity index is 594. The predicted octanol–water partition coefficient (Wildman–Crippen LogP) is 3.20. The maximum absolute atomic E-state index is 13.0. The molecule has 0 unspecified atom stereocenters. The number of aromatic nitrogens is 3. The number of rotatable bonds is 4. The summed E-state index contributed by atoms with van der Waals surface area (Å²) in [6.45, 7) is 4.28. The van der Waals surface area contributed by atoms with Crippen LogP contribution in [-0.4, -0.2) is 21.5 Å². The summed E-state index contributed by atoms with van der Waals surface area (Å²) in [4.78, 5) is 11.8. The molecule has 0 bridgehead atoms. The van der Waals surface area contributed by atoms with E-state index in [9.17, 15) is 4.39 Å². The standard InChI is InChI=1S/C12H12ClFN4O/c1-3-15-11-16-10(13)17-12(18-11)19-9-5-4-8(14)6-7(9)2/h4-6H,3H2,1-2H3,(H,15,16,17,18). The first-order chi connectivity index (χ1) is 9.08. The van der Waals surface area contributed by atoms with Crippen LogP contribution in [0.2, 0.25) is 5.28 Å². The van der Waals surface area contributed by atoms with Crippen LogP contribution >= 0.6 is 11.6 Å². The molecule has 1 aromatic heterocycles. The van der Waals surface area contributed by atoms with E-state index in [1.165, 1.54) is 18.2 Å². The van der Waals surface area contributed by atoms with Crippen molar-refractivity contribution >= 4 is 17.5 Å². The molecule has 0 atom stereocenters. The van der Waals surface area contributed by atoms with Crippen LogP contribution in [-0.2, 0) is 0 Å². The first-order valence-electron chi connectivity index (χ1n) is 5.68. The molecule has 1 heterocycles. The zero-order valence-electron chi connectivity index (χ0n) is 10.4. The van der Waals surface area contributed by atoms with Gasteiger partial charge in [0.15, 0.2) is 0 Å². The Morgan fingerprint density at radius 1 is 1.32 bits per heavy atom. The second kappa shape index (κ2) is 5.79. The molecule has 1 N–H and O–H groups in total. The summed E-state index contributed by atoms with van der Waals surface area (Å²) in [6, 6.07) is 4.24. The van der Waals surface area contributed by atoms with E-state index < -0.39 is 0 Å². The number of anilines is 1. The first-order valence-corrected chi connectivity index (χ1v) is 6.05. The van der Waals surface area contributed by atoms with Crippen molar-refractivity contribution in [2.45, 2.75) is 13.8 Å². The molecule has 0 amide bonds. The molecule has 0 aliphatic heterocycles. The Morgan fingerprint density at radius 2 is 2.11 bits per heavy atom. The minimum absolute atomic E-state index is 0.0284. The van der Waals surface area contributed by atoms with E-state index in [1.54, 1.807) is 6.92 Å². The Kier molecular flexibility index (Phi) is 4.11. The average molecular weight is 283 g/mol. The van der Waals surface area contributed by atoms with Crippen molar-refractivity contribution in [1.82, 2.24) is 15.0 Å². The Hall–Kier alpha value is -1.95. The van der Waals surface area contributed by atoms with Gasteiger partial charge in [-0.3, -0.25) is 0 Å². The van der Waals surface area contributed by atoms with E-state index in [1.807, 2.05) is 6.92 Å². The van der Waals surface area contributed by atoms with E-state index in [0.717, 1.165) is 0 Å². The third-order valence-corrected chi connectivity index (χ3v) is 2.43. The van der Waals surface area contributed by atoms with E-state index in [0.29, 0.717) is 23.8 Å². The van der Waals surface area contributed by atoms with Gasteiger partial charge < -0.3 is 10.1 Å². The fraction of sp³-hybridized carbons (Fsp3) is 0.250. The van der Waals surface area contributed by atoms with Crippen molar-refractivity contribution in [1.29, 1.82) is 0 Å². The van der Waals surface area contributed by atoms with Crippen molar-refractivity contribution in [3.63, 3.8) is 0 Å². The summed E-state index contributed by atoms with van der Waals surface area (Å²) in [7, 11) is 0. The van der Waals surface area contributed by atoms with Crippen molar-refractivity contribution in [2.75, 3.05) is 11.9 Å². The van der Waals surface area contributed by atoms with E-state index >= 15 is 0 Å². The maximum Gasteiger partial charge on any atom is 0.328 e. The van der Waals surface area contributed by atoms with Crippen LogP contribution in [0.4, 0.5) is 10.3 Å². The number of benzene rings is 1. The molecule has 0 spiro atoms. The summed E-state index contributed by atoms with van der Waals surface area (Å²) in [5, 5.41) is 2.94. The lowest BCUT2D eigenvalue weighted by atomic mass is 10.2. The van der Waals surface area contributed by atoms with Crippen LogP contribution in [0.25, 0.3) is 0 Å². The Balaban J connectivity index is 2.27. The SMILES string of the molecule is CCNc1nc(Cl)nc(Oc2ccc(F)cc2C)n1. The zero-order valence-corrected chi connectivity index (χ0v) is 11.2. The van der Waals surface area contributed by atoms with Gasteiger partial charge in [0.05, 0.1) is 0 Å². The largest absolute Gasteiger partial charge is 0.424 e. The zero-order chi connectivity index (χ0) is 13.8. The molecule has 0 radical (unpaired) electrons. The summed E-state index contributed by atoms with van der Waals surface area (Å²) in [6.07, 6.45) is 0. The van der Waals surface area contributed by atoms with Gasteiger partial charge in [-0.25, -0.2) is 4.39 Å². The van der Waals surface area contributed by atoms with Gasteiger partial charge in [-0.05, 0) is 49.2 Å². The highest BCUT2D eigenvalue weighted by atomic mass is 35.5. The first kappa shape index (κ1) is 13.5. The monoisotopic (exact) mass is 282 g/mol. The molecule has 0 aliphatic rings. The number of hydrogen-bond donors (Lipinski definition) is 1. The summed E-state index contributed by atoms with van der Waals surface area (Å²) in [5.74, 6) is 0.468.